The second kappa shape index (κ2) is 11.9. The molecule has 0 atom stereocenters. The zero-order valence-electron chi connectivity index (χ0n) is 16.1. The van der Waals surface area contributed by atoms with Crippen LogP contribution in [0.4, 0.5) is 0 Å². The number of para-hydroxylation sites is 1. The van der Waals surface area contributed by atoms with Gasteiger partial charge in [0.2, 0.25) is 0 Å². The second-order valence-electron chi connectivity index (χ2n) is 6.95. The van der Waals surface area contributed by atoms with Gasteiger partial charge >= 0.3 is 0 Å². The van der Waals surface area contributed by atoms with Crippen molar-refractivity contribution in [2.24, 2.45) is 10.9 Å². The lowest BCUT2D eigenvalue weighted by Crippen LogP contribution is -2.37. The van der Waals surface area contributed by atoms with Gasteiger partial charge in [0.1, 0.15) is 6.33 Å². The van der Waals surface area contributed by atoms with E-state index >= 15 is 0 Å². The molecule has 0 radical (unpaired) electrons. The van der Waals surface area contributed by atoms with Crippen molar-refractivity contribution < 1.29 is 0 Å². The van der Waals surface area contributed by atoms with Crippen molar-refractivity contribution in [3.05, 3.63) is 42.5 Å². The van der Waals surface area contributed by atoms with Gasteiger partial charge < -0.3 is 10.6 Å². The van der Waals surface area contributed by atoms with Crippen LogP contribution in [0, 0.1) is 5.92 Å². The van der Waals surface area contributed by atoms with Crippen molar-refractivity contribution in [1.82, 2.24) is 25.4 Å². The van der Waals surface area contributed by atoms with Gasteiger partial charge in [-0.05, 0) is 24.5 Å². The summed E-state index contributed by atoms with van der Waals surface area (Å²) in [6.45, 7) is 1.54. The molecule has 1 saturated carbocycles. The number of guanidine groups is 1. The van der Waals surface area contributed by atoms with Crippen molar-refractivity contribution in [1.29, 1.82) is 0 Å². The molecule has 0 bridgehead atoms. The van der Waals surface area contributed by atoms with Gasteiger partial charge in [-0.15, -0.1) is 34.2 Å². The van der Waals surface area contributed by atoms with Gasteiger partial charge in [0.05, 0.1) is 6.54 Å². The van der Waals surface area contributed by atoms with Crippen LogP contribution in [0.25, 0.3) is 5.69 Å². The van der Waals surface area contributed by atoms with E-state index in [0.717, 1.165) is 29.9 Å². The molecule has 1 aliphatic rings. The molecule has 2 aromatic rings. The summed E-state index contributed by atoms with van der Waals surface area (Å²) < 4.78 is 1.99. The molecular weight excluding hydrogens is 451 g/mol. The van der Waals surface area contributed by atoms with E-state index in [1.807, 2.05) is 34.9 Å². The van der Waals surface area contributed by atoms with E-state index in [1.54, 1.807) is 13.4 Å². The molecule has 7 heteroatoms. The molecule has 148 valence electrons. The summed E-state index contributed by atoms with van der Waals surface area (Å²) in [5.74, 6) is 2.66. The van der Waals surface area contributed by atoms with Crippen LogP contribution in [-0.4, -0.2) is 34.3 Å². The highest BCUT2D eigenvalue weighted by molar-refractivity contribution is 14.0. The van der Waals surface area contributed by atoms with Crippen LogP contribution >= 0.6 is 24.0 Å². The van der Waals surface area contributed by atoms with Gasteiger partial charge in [-0.2, -0.15) is 0 Å². The minimum atomic E-state index is 0. The third-order valence-electron chi connectivity index (χ3n) is 5.10. The van der Waals surface area contributed by atoms with Crippen LogP contribution in [0.5, 0.6) is 0 Å². The number of hydrogen-bond acceptors (Lipinski definition) is 3. The fourth-order valence-electron chi connectivity index (χ4n) is 3.63. The van der Waals surface area contributed by atoms with E-state index in [9.17, 15) is 0 Å². The number of nitrogens with zero attached hydrogens (tertiary/aromatic N) is 4. The number of aromatic nitrogens is 3. The first-order chi connectivity index (χ1) is 12.9. The van der Waals surface area contributed by atoms with Crippen molar-refractivity contribution in [3.63, 3.8) is 0 Å². The molecule has 2 N–H and O–H groups in total. The molecule has 3 rings (SSSR count). The van der Waals surface area contributed by atoms with Gasteiger partial charge in [0.25, 0.3) is 0 Å². The van der Waals surface area contributed by atoms with Gasteiger partial charge in [0, 0.05) is 19.3 Å². The van der Waals surface area contributed by atoms with Gasteiger partial charge in [-0.25, -0.2) is 0 Å². The Morgan fingerprint density at radius 3 is 2.67 bits per heavy atom. The Morgan fingerprint density at radius 1 is 1.15 bits per heavy atom. The largest absolute Gasteiger partial charge is 0.356 e. The lowest BCUT2D eigenvalue weighted by Gasteiger charge is -2.13. The van der Waals surface area contributed by atoms with Crippen LogP contribution in [0.3, 0.4) is 0 Å². The van der Waals surface area contributed by atoms with Crippen LogP contribution < -0.4 is 10.6 Å². The van der Waals surface area contributed by atoms with E-state index < -0.39 is 0 Å². The quantitative estimate of drug-likeness (QED) is 0.259. The minimum Gasteiger partial charge on any atom is -0.356 e. The summed E-state index contributed by atoms with van der Waals surface area (Å²) in [6, 6.07) is 10.1. The first-order valence-electron chi connectivity index (χ1n) is 9.75. The number of halogens is 1. The fourth-order valence-corrected chi connectivity index (χ4v) is 3.63. The van der Waals surface area contributed by atoms with Gasteiger partial charge in [0.15, 0.2) is 11.8 Å². The van der Waals surface area contributed by atoms with Crippen LogP contribution in [0.1, 0.15) is 50.8 Å². The van der Waals surface area contributed by atoms with Crippen LogP contribution in [0.15, 0.2) is 41.7 Å². The minimum absolute atomic E-state index is 0. The van der Waals surface area contributed by atoms with Crippen molar-refractivity contribution in [2.75, 3.05) is 13.6 Å². The molecular formula is C20H31IN6. The molecule has 1 aromatic heterocycles. The summed E-state index contributed by atoms with van der Waals surface area (Å²) in [4.78, 5) is 4.30. The van der Waals surface area contributed by atoms with Crippen LogP contribution in [0.2, 0.25) is 0 Å². The molecule has 1 heterocycles. The predicted octanol–water partition coefficient (Wildman–Crippen LogP) is 3.91. The smallest absolute Gasteiger partial charge is 0.191 e. The second-order valence-corrected chi connectivity index (χ2v) is 6.95. The number of rotatable bonds is 8. The maximum Gasteiger partial charge on any atom is 0.191 e. The lowest BCUT2D eigenvalue weighted by molar-refractivity contribution is 0.472. The zero-order chi connectivity index (χ0) is 18.0. The van der Waals surface area contributed by atoms with Crippen molar-refractivity contribution in [2.45, 2.75) is 51.5 Å². The first-order valence-corrected chi connectivity index (χ1v) is 9.75. The predicted molar refractivity (Wildman–Crippen MR) is 121 cm³/mol. The van der Waals surface area contributed by atoms with Crippen molar-refractivity contribution >= 4 is 29.9 Å². The molecule has 27 heavy (non-hydrogen) atoms. The topological polar surface area (TPSA) is 67.1 Å². The summed E-state index contributed by atoms with van der Waals surface area (Å²) >= 11 is 0. The fraction of sp³-hybridized carbons (Fsp3) is 0.550. The Bertz CT molecular complexity index is 679. The Balaban J connectivity index is 0.00000261. The molecule has 0 aliphatic heterocycles. The van der Waals surface area contributed by atoms with Crippen LogP contribution in [-0.2, 0) is 6.54 Å². The van der Waals surface area contributed by atoms with E-state index in [0.29, 0.717) is 6.54 Å². The normalized spacial score (nSPS) is 14.8. The molecule has 0 unspecified atom stereocenters. The summed E-state index contributed by atoms with van der Waals surface area (Å²) in [5, 5.41) is 15.0. The molecule has 0 spiro atoms. The summed E-state index contributed by atoms with van der Waals surface area (Å²) in [6.07, 6.45) is 11.4. The molecule has 1 fully saturated rings. The Hall–Kier alpha value is -1.64. The first kappa shape index (κ1) is 21.7. The molecule has 0 saturated heterocycles. The average molecular weight is 482 g/mol. The Labute approximate surface area is 179 Å². The number of unbranched alkanes of at least 4 members (excludes halogenated alkanes) is 1. The highest BCUT2D eigenvalue weighted by Gasteiger charge is 2.14. The number of benzene rings is 1. The average Bonchev–Trinajstić information content (AvgIpc) is 3.36. The Kier molecular flexibility index (Phi) is 9.58. The molecule has 6 nitrogen and oxygen atoms in total. The number of aliphatic imine (C=N–C) groups is 1. The van der Waals surface area contributed by atoms with Gasteiger partial charge in [-0.1, -0.05) is 56.7 Å². The highest BCUT2D eigenvalue weighted by Crippen LogP contribution is 2.28. The highest BCUT2D eigenvalue weighted by atomic mass is 127. The summed E-state index contributed by atoms with van der Waals surface area (Å²) in [5.41, 5.74) is 1.06. The lowest BCUT2D eigenvalue weighted by atomic mass is 10.0. The third-order valence-corrected chi connectivity index (χ3v) is 5.10. The maximum atomic E-state index is 4.30. The third kappa shape index (κ3) is 6.79. The molecule has 1 aliphatic carbocycles. The van der Waals surface area contributed by atoms with E-state index in [-0.39, 0.29) is 24.0 Å². The van der Waals surface area contributed by atoms with E-state index in [2.05, 4.69) is 25.8 Å². The Morgan fingerprint density at radius 2 is 1.93 bits per heavy atom. The van der Waals surface area contributed by atoms with Gasteiger partial charge in [-0.3, -0.25) is 9.56 Å². The zero-order valence-corrected chi connectivity index (χ0v) is 18.4. The summed E-state index contributed by atoms with van der Waals surface area (Å²) in [7, 11) is 1.80. The number of nitrogens with one attached hydrogen (secondary N) is 2. The van der Waals surface area contributed by atoms with E-state index in [4.69, 9.17) is 0 Å². The van der Waals surface area contributed by atoms with Crippen molar-refractivity contribution in [3.8, 4) is 5.69 Å². The standard InChI is InChI=1S/C20H30N6.HI/c1-21-20(22-14-8-7-11-17-9-5-6-10-17)23-15-19-25-24-16-26(19)18-12-3-2-4-13-18;/h2-4,12-13,16-17H,5-11,14-15H2,1H3,(H2,21,22,23);1H. The SMILES string of the molecule is CN=C(NCCCCC1CCCC1)NCc1nncn1-c1ccccc1.I. The monoisotopic (exact) mass is 482 g/mol. The number of hydrogen-bond donors (Lipinski definition) is 2. The maximum absolute atomic E-state index is 4.30. The van der Waals surface area contributed by atoms with E-state index in [1.165, 1.54) is 44.9 Å². The molecule has 0 amide bonds. The molecule has 1 aromatic carbocycles.